The number of halogens is 1. The minimum Gasteiger partial charge on any atom is -0.467 e. The maximum Gasteiger partial charge on any atom is 0.341 e. The SMILES string of the molecule is COC(=O)C(C)NC(=O)CN1CCCC2(C1)OC(=O)C(c1cc(Cl)c(-c3cccc(S(C)(=O)=O)c3)cc1C)=C2N. The monoisotopic (exact) mass is 589 g/mol. The van der Waals surface area contributed by atoms with E-state index >= 15 is 0 Å². The molecule has 2 aromatic rings. The number of ether oxygens (including phenoxy) is 2. The van der Waals surface area contributed by atoms with Crippen molar-refractivity contribution in [3.63, 3.8) is 0 Å². The maximum absolute atomic E-state index is 13.2. The molecule has 214 valence electrons. The highest BCUT2D eigenvalue weighted by atomic mass is 35.5. The third-order valence-electron chi connectivity index (χ3n) is 7.24. The van der Waals surface area contributed by atoms with Crippen LogP contribution in [0.5, 0.6) is 0 Å². The summed E-state index contributed by atoms with van der Waals surface area (Å²) in [6.45, 7) is 4.16. The quantitative estimate of drug-likeness (QED) is 0.465. The second-order valence-corrected chi connectivity index (χ2v) is 12.7. The van der Waals surface area contributed by atoms with Gasteiger partial charge in [-0.25, -0.2) is 18.0 Å². The van der Waals surface area contributed by atoms with Crippen LogP contribution in [-0.2, 0) is 33.7 Å². The lowest BCUT2D eigenvalue weighted by molar-refractivity contribution is -0.150. The van der Waals surface area contributed by atoms with Crippen LogP contribution in [0.2, 0.25) is 5.02 Å². The van der Waals surface area contributed by atoms with Crippen LogP contribution in [-0.4, -0.2) is 75.8 Å². The average Bonchev–Trinajstić information content (AvgIpc) is 3.12. The summed E-state index contributed by atoms with van der Waals surface area (Å²) in [5.74, 6) is -1.48. The van der Waals surface area contributed by atoms with E-state index in [1.165, 1.54) is 20.1 Å². The summed E-state index contributed by atoms with van der Waals surface area (Å²) in [5, 5.41) is 2.92. The number of nitrogens with zero attached hydrogens (tertiary/aromatic N) is 1. The van der Waals surface area contributed by atoms with E-state index in [2.05, 4.69) is 10.1 Å². The van der Waals surface area contributed by atoms with Crippen molar-refractivity contribution in [2.75, 3.05) is 33.0 Å². The molecule has 2 aliphatic heterocycles. The molecule has 2 unspecified atom stereocenters. The largest absolute Gasteiger partial charge is 0.467 e. The van der Waals surface area contributed by atoms with Crippen LogP contribution in [0.1, 0.15) is 30.9 Å². The Morgan fingerprint density at radius 1 is 1.25 bits per heavy atom. The summed E-state index contributed by atoms with van der Waals surface area (Å²) in [6.07, 6.45) is 2.27. The number of nitrogens with two attached hydrogens (primary N) is 1. The maximum atomic E-state index is 13.2. The molecule has 10 nitrogen and oxygen atoms in total. The number of aryl methyl sites for hydroxylation is 1. The first-order valence-corrected chi connectivity index (χ1v) is 15.0. The third kappa shape index (κ3) is 5.86. The van der Waals surface area contributed by atoms with Gasteiger partial charge in [-0.05, 0) is 74.2 Å². The first-order valence-electron chi connectivity index (χ1n) is 12.7. The first-order chi connectivity index (χ1) is 18.8. The Hall–Kier alpha value is -3.41. The average molecular weight is 590 g/mol. The van der Waals surface area contributed by atoms with E-state index in [-0.39, 0.29) is 35.2 Å². The van der Waals surface area contributed by atoms with Crippen molar-refractivity contribution < 1.29 is 32.3 Å². The third-order valence-corrected chi connectivity index (χ3v) is 8.67. The van der Waals surface area contributed by atoms with Crippen LogP contribution in [0.25, 0.3) is 16.7 Å². The Bertz CT molecular complexity index is 1520. The fraction of sp³-hybridized carbons (Fsp3) is 0.393. The fourth-order valence-electron chi connectivity index (χ4n) is 5.21. The Balaban J connectivity index is 1.61. The standard InChI is InChI=1S/C28H32ClN3O7S/c1-16-11-21(18-7-5-8-19(12-18)40(4,36)37)22(29)13-20(16)24-25(30)28(39-27(24)35)9-6-10-32(15-28)14-23(33)31-17(2)26(34)38-3/h5,7-8,11-13,17H,6,9-10,14-15,30H2,1-4H3,(H,31,33). The number of sulfone groups is 1. The second kappa shape index (κ2) is 11.2. The summed E-state index contributed by atoms with van der Waals surface area (Å²) in [4.78, 5) is 39.4. The molecule has 1 spiro atoms. The molecule has 2 aromatic carbocycles. The predicted octanol–water partition coefficient (Wildman–Crippen LogP) is 2.46. The Morgan fingerprint density at radius 3 is 2.65 bits per heavy atom. The van der Waals surface area contributed by atoms with E-state index in [0.29, 0.717) is 46.7 Å². The molecule has 0 radical (unpaired) electrons. The number of hydrogen-bond acceptors (Lipinski definition) is 9. The lowest BCUT2D eigenvalue weighted by atomic mass is 9.86. The summed E-state index contributed by atoms with van der Waals surface area (Å²) < 4.78 is 34.6. The van der Waals surface area contributed by atoms with Gasteiger partial charge in [-0.15, -0.1) is 0 Å². The van der Waals surface area contributed by atoms with Gasteiger partial charge in [-0.1, -0.05) is 23.7 Å². The molecular weight excluding hydrogens is 558 g/mol. The van der Waals surface area contributed by atoms with Crippen molar-refractivity contribution in [1.82, 2.24) is 10.2 Å². The van der Waals surface area contributed by atoms with Gasteiger partial charge >= 0.3 is 11.9 Å². The molecule has 0 aliphatic carbocycles. The summed E-state index contributed by atoms with van der Waals surface area (Å²) in [6, 6.07) is 9.13. The van der Waals surface area contributed by atoms with Crippen LogP contribution < -0.4 is 11.1 Å². The first kappa shape index (κ1) is 29.6. The number of piperidine rings is 1. The number of nitrogens with one attached hydrogen (secondary N) is 1. The highest BCUT2D eigenvalue weighted by Crippen LogP contribution is 2.43. The molecular formula is C28H32ClN3O7S. The Kier molecular flexibility index (Phi) is 8.30. The van der Waals surface area contributed by atoms with Gasteiger partial charge in [0.15, 0.2) is 15.4 Å². The predicted molar refractivity (Wildman–Crippen MR) is 150 cm³/mol. The summed E-state index contributed by atoms with van der Waals surface area (Å²) >= 11 is 6.66. The van der Waals surface area contributed by atoms with E-state index < -0.39 is 33.4 Å². The smallest absolute Gasteiger partial charge is 0.341 e. The van der Waals surface area contributed by atoms with Crippen LogP contribution in [0.15, 0.2) is 47.0 Å². The van der Waals surface area contributed by atoms with Crippen LogP contribution in [0.3, 0.4) is 0 Å². The normalized spacial score (nSPS) is 20.4. The molecule has 0 bridgehead atoms. The Labute approximate surface area is 238 Å². The van der Waals surface area contributed by atoms with Crippen molar-refractivity contribution >= 4 is 44.9 Å². The summed E-state index contributed by atoms with van der Waals surface area (Å²) in [7, 11) is -2.16. The molecule has 1 amide bonds. The van der Waals surface area contributed by atoms with Gasteiger partial charge in [0.05, 0.1) is 29.8 Å². The van der Waals surface area contributed by atoms with Gasteiger partial charge in [0.25, 0.3) is 0 Å². The molecule has 40 heavy (non-hydrogen) atoms. The lowest BCUT2D eigenvalue weighted by Gasteiger charge is -2.39. The van der Waals surface area contributed by atoms with E-state index in [9.17, 15) is 22.8 Å². The highest BCUT2D eigenvalue weighted by molar-refractivity contribution is 7.90. The van der Waals surface area contributed by atoms with Gasteiger partial charge in [-0.3, -0.25) is 9.69 Å². The molecule has 12 heteroatoms. The number of hydrogen-bond donors (Lipinski definition) is 2. The number of carbonyl (C=O) groups is 3. The number of likely N-dealkylation sites (tertiary alicyclic amines) is 1. The minimum absolute atomic E-state index is 0.00462. The topological polar surface area (TPSA) is 145 Å². The fourth-order valence-corrected chi connectivity index (χ4v) is 6.15. The van der Waals surface area contributed by atoms with Gasteiger partial charge in [0, 0.05) is 23.4 Å². The Morgan fingerprint density at radius 2 is 1.98 bits per heavy atom. The summed E-state index contributed by atoms with van der Waals surface area (Å²) in [5.41, 5.74) is 8.48. The van der Waals surface area contributed by atoms with Gasteiger partial charge in [-0.2, -0.15) is 0 Å². The van der Waals surface area contributed by atoms with Crippen molar-refractivity contribution in [3.8, 4) is 11.1 Å². The number of amides is 1. The number of rotatable bonds is 7. The van der Waals surface area contributed by atoms with E-state index in [1.807, 2.05) is 11.8 Å². The molecule has 2 aliphatic rings. The van der Waals surface area contributed by atoms with Gasteiger partial charge < -0.3 is 20.5 Å². The number of benzene rings is 2. The van der Waals surface area contributed by atoms with Crippen LogP contribution >= 0.6 is 11.6 Å². The zero-order valence-corrected chi connectivity index (χ0v) is 24.3. The molecule has 1 fully saturated rings. The molecule has 1 saturated heterocycles. The zero-order chi connectivity index (χ0) is 29.4. The number of carbonyl (C=O) groups excluding carboxylic acids is 3. The molecule has 0 aromatic heterocycles. The highest BCUT2D eigenvalue weighted by Gasteiger charge is 2.49. The molecule has 0 saturated carbocycles. The second-order valence-electron chi connectivity index (χ2n) is 10.2. The van der Waals surface area contributed by atoms with Crippen LogP contribution in [0.4, 0.5) is 0 Å². The van der Waals surface area contributed by atoms with Crippen molar-refractivity contribution in [3.05, 3.63) is 58.2 Å². The van der Waals surface area contributed by atoms with Crippen molar-refractivity contribution in [2.45, 2.75) is 43.2 Å². The minimum atomic E-state index is -3.41. The van der Waals surface area contributed by atoms with E-state index in [4.69, 9.17) is 22.1 Å². The van der Waals surface area contributed by atoms with Crippen LogP contribution in [0, 0.1) is 6.92 Å². The van der Waals surface area contributed by atoms with Gasteiger partial charge in [0.2, 0.25) is 5.91 Å². The number of esters is 2. The van der Waals surface area contributed by atoms with Crippen molar-refractivity contribution in [2.24, 2.45) is 5.73 Å². The zero-order valence-electron chi connectivity index (χ0n) is 22.7. The molecule has 2 heterocycles. The lowest BCUT2D eigenvalue weighted by Crippen LogP contribution is -2.54. The van der Waals surface area contributed by atoms with E-state index in [1.54, 1.807) is 30.3 Å². The van der Waals surface area contributed by atoms with Crippen molar-refractivity contribution in [1.29, 1.82) is 0 Å². The van der Waals surface area contributed by atoms with Gasteiger partial charge in [0.1, 0.15) is 6.04 Å². The molecule has 2 atom stereocenters. The van der Waals surface area contributed by atoms with E-state index in [0.717, 1.165) is 6.26 Å². The molecule has 4 rings (SSSR count). The number of methoxy groups -OCH3 is 1. The molecule has 3 N–H and O–H groups in total.